The van der Waals surface area contributed by atoms with Gasteiger partial charge in [0.15, 0.2) is 17.5 Å². The lowest BCUT2D eigenvalue weighted by Crippen LogP contribution is -2.29. The Kier molecular flexibility index (Phi) is 6.76. The molecule has 0 bridgehead atoms. The lowest BCUT2D eigenvalue weighted by molar-refractivity contribution is 0.106. The summed E-state index contributed by atoms with van der Waals surface area (Å²) in [6.07, 6.45) is 0. The van der Waals surface area contributed by atoms with E-state index in [-0.39, 0.29) is 0 Å². The van der Waals surface area contributed by atoms with Crippen LogP contribution in [0.2, 0.25) is 0 Å². The molecule has 8 rings (SSSR count). The third kappa shape index (κ3) is 5.14. The van der Waals surface area contributed by atoms with Crippen LogP contribution < -0.4 is 4.74 Å². The average molecular weight is 594 g/mol. The molecule has 0 unspecified atom stereocenters. The van der Waals surface area contributed by atoms with Crippen molar-refractivity contribution in [3.8, 4) is 73.3 Å². The largest absolute Gasteiger partial charge is 0.482 e. The van der Waals surface area contributed by atoms with Crippen LogP contribution in [0.25, 0.3) is 67.5 Å². The topological polar surface area (TPSA) is 47.9 Å². The maximum atomic E-state index is 6.48. The fraction of sp³-hybridized carbons (Fsp3) is 0.0714. The second-order valence-corrected chi connectivity index (χ2v) is 12.1. The van der Waals surface area contributed by atoms with Crippen molar-refractivity contribution in [2.24, 2.45) is 0 Å². The summed E-state index contributed by atoms with van der Waals surface area (Å²) in [6, 6.07) is 52.3. The first-order chi connectivity index (χ1) is 22.5. The van der Waals surface area contributed by atoms with E-state index < -0.39 is 5.60 Å². The normalized spacial score (nSPS) is 12.9. The SMILES string of the molecule is CC1(C)Oc2ccccc2-c2ccc(-c3nc(-c4ccccc4)nc(-c4cc(-c5ccccc5)cc(-c5ccccc5)c4)n3)cc21. The van der Waals surface area contributed by atoms with Gasteiger partial charge in [-0.15, -0.1) is 0 Å². The highest BCUT2D eigenvalue weighted by atomic mass is 16.5. The van der Waals surface area contributed by atoms with Crippen LogP contribution in [0, 0.1) is 0 Å². The highest BCUT2D eigenvalue weighted by Gasteiger charge is 2.33. The smallest absolute Gasteiger partial charge is 0.164 e. The quantitative estimate of drug-likeness (QED) is 0.199. The predicted octanol–water partition coefficient (Wildman–Crippen LogP) is 10.5. The lowest BCUT2D eigenvalue weighted by atomic mass is 9.85. The van der Waals surface area contributed by atoms with Crippen molar-refractivity contribution in [3.63, 3.8) is 0 Å². The molecule has 7 aromatic rings. The Morgan fingerprint density at radius 3 is 1.48 bits per heavy atom. The standard InChI is InChI=1S/C42H31N3O/c1-42(2)37-27-31(22-23-35(37)36-20-12-13-21-38(36)46-42)40-43-39(30-18-10-5-11-19-30)44-41(45-40)34-25-32(28-14-6-3-7-15-28)24-33(26-34)29-16-8-4-9-17-29/h3-27H,1-2H3. The van der Waals surface area contributed by atoms with Gasteiger partial charge >= 0.3 is 0 Å². The van der Waals surface area contributed by atoms with Gasteiger partial charge in [-0.3, -0.25) is 0 Å². The van der Waals surface area contributed by atoms with Gasteiger partial charge in [0.2, 0.25) is 0 Å². The number of fused-ring (bicyclic) bond motifs is 3. The fourth-order valence-electron chi connectivity index (χ4n) is 6.23. The third-order valence-electron chi connectivity index (χ3n) is 8.54. The number of para-hydroxylation sites is 1. The summed E-state index contributed by atoms with van der Waals surface area (Å²) in [5.41, 5.74) is 10.1. The van der Waals surface area contributed by atoms with Crippen LogP contribution >= 0.6 is 0 Å². The van der Waals surface area contributed by atoms with Gasteiger partial charge in [0.25, 0.3) is 0 Å². The van der Waals surface area contributed by atoms with E-state index in [0.29, 0.717) is 17.5 Å². The molecule has 4 nitrogen and oxygen atoms in total. The van der Waals surface area contributed by atoms with Gasteiger partial charge in [-0.25, -0.2) is 15.0 Å². The molecular formula is C42H31N3O. The zero-order valence-electron chi connectivity index (χ0n) is 25.7. The molecule has 1 aromatic heterocycles. The first kappa shape index (κ1) is 27.7. The molecular weight excluding hydrogens is 562 g/mol. The first-order valence-electron chi connectivity index (χ1n) is 15.5. The van der Waals surface area contributed by atoms with E-state index >= 15 is 0 Å². The molecule has 0 aliphatic carbocycles. The van der Waals surface area contributed by atoms with Crippen LogP contribution in [0.3, 0.4) is 0 Å². The molecule has 0 saturated heterocycles. The maximum Gasteiger partial charge on any atom is 0.164 e. The number of nitrogens with zero attached hydrogens (tertiary/aromatic N) is 3. The molecule has 0 N–H and O–H groups in total. The van der Waals surface area contributed by atoms with Crippen molar-refractivity contribution >= 4 is 0 Å². The van der Waals surface area contributed by atoms with Crippen LogP contribution in [0.4, 0.5) is 0 Å². The molecule has 2 heterocycles. The van der Waals surface area contributed by atoms with Crippen molar-refractivity contribution < 1.29 is 4.74 Å². The zero-order chi connectivity index (χ0) is 31.1. The van der Waals surface area contributed by atoms with Crippen LogP contribution in [0.15, 0.2) is 152 Å². The summed E-state index contributed by atoms with van der Waals surface area (Å²) in [7, 11) is 0. The monoisotopic (exact) mass is 593 g/mol. The molecule has 0 fully saturated rings. The molecule has 220 valence electrons. The number of hydrogen-bond acceptors (Lipinski definition) is 4. The van der Waals surface area contributed by atoms with E-state index in [1.165, 1.54) is 0 Å². The number of benzene rings is 6. The Balaban J connectivity index is 1.33. The molecule has 0 amide bonds. The minimum atomic E-state index is -0.521. The molecule has 4 heteroatoms. The first-order valence-corrected chi connectivity index (χ1v) is 15.5. The van der Waals surface area contributed by atoms with Crippen molar-refractivity contribution in [1.82, 2.24) is 15.0 Å². The number of aromatic nitrogens is 3. The number of hydrogen-bond donors (Lipinski definition) is 0. The van der Waals surface area contributed by atoms with Crippen LogP contribution in [-0.2, 0) is 5.60 Å². The minimum Gasteiger partial charge on any atom is -0.482 e. The predicted molar refractivity (Wildman–Crippen MR) is 186 cm³/mol. The van der Waals surface area contributed by atoms with Gasteiger partial charge in [-0.2, -0.15) is 0 Å². The molecule has 1 aliphatic heterocycles. The van der Waals surface area contributed by atoms with Gasteiger partial charge in [-0.1, -0.05) is 121 Å². The lowest BCUT2D eigenvalue weighted by Gasteiger charge is -2.35. The maximum absolute atomic E-state index is 6.48. The van der Waals surface area contributed by atoms with Gasteiger partial charge in [-0.05, 0) is 72.0 Å². The molecule has 1 aliphatic rings. The molecule has 0 atom stereocenters. The third-order valence-corrected chi connectivity index (χ3v) is 8.54. The second kappa shape index (κ2) is 11.2. The fourth-order valence-corrected chi connectivity index (χ4v) is 6.23. The van der Waals surface area contributed by atoms with Gasteiger partial charge in [0.05, 0.1) is 0 Å². The van der Waals surface area contributed by atoms with Crippen LogP contribution in [0.1, 0.15) is 19.4 Å². The minimum absolute atomic E-state index is 0.521. The zero-order valence-corrected chi connectivity index (χ0v) is 25.7. The average Bonchev–Trinajstić information content (AvgIpc) is 3.12. The van der Waals surface area contributed by atoms with Gasteiger partial charge in [0, 0.05) is 27.8 Å². The highest BCUT2D eigenvalue weighted by Crippen LogP contribution is 2.46. The van der Waals surface area contributed by atoms with E-state index in [1.807, 2.05) is 54.6 Å². The Bertz CT molecular complexity index is 2140. The highest BCUT2D eigenvalue weighted by molar-refractivity contribution is 5.82. The second-order valence-electron chi connectivity index (χ2n) is 12.1. The van der Waals surface area contributed by atoms with Crippen molar-refractivity contribution in [3.05, 3.63) is 157 Å². The summed E-state index contributed by atoms with van der Waals surface area (Å²) >= 11 is 0. The summed E-state index contributed by atoms with van der Waals surface area (Å²) in [5, 5.41) is 0. The van der Waals surface area contributed by atoms with Crippen molar-refractivity contribution in [1.29, 1.82) is 0 Å². The molecule has 0 radical (unpaired) electrons. The Morgan fingerprint density at radius 2 is 0.870 bits per heavy atom. The van der Waals surface area contributed by atoms with Crippen molar-refractivity contribution in [2.75, 3.05) is 0 Å². The summed E-state index contributed by atoms with van der Waals surface area (Å²) in [5.74, 6) is 2.77. The summed E-state index contributed by atoms with van der Waals surface area (Å²) in [6.45, 7) is 4.22. The van der Waals surface area contributed by atoms with E-state index in [2.05, 4.69) is 111 Å². The molecule has 6 aromatic carbocycles. The van der Waals surface area contributed by atoms with E-state index in [1.54, 1.807) is 0 Å². The van der Waals surface area contributed by atoms with Crippen LogP contribution in [-0.4, -0.2) is 15.0 Å². The van der Waals surface area contributed by atoms with E-state index in [9.17, 15) is 0 Å². The molecule has 0 spiro atoms. The summed E-state index contributed by atoms with van der Waals surface area (Å²) in [4.78, 5) is 15.3. The van der Waals surface area contributed by atoms with E-state index in [4.69, 9.17) is 19.7 Å². The van der Waals surface area contributed by atoms with E-state index in [0.717, 1.165) is 61.4 Å². The van der Waals surface area contributed by atoms with Gasteiger partial charge < -0.3 is 4.74 Å². The molecule has 0 saturated carbocycles. The Labute approximate surface area is 269 Å². The molecule has 46 heavy (non-hydrogen) atoms. The Morgan fingerprint density at radius 1 is 0.391 bits per heavy atom. The van der Waals surface area contributed by atoms with Crippen LogP contribution in [0.5, 0.6) is 5.75 Å². The Hall–Kier alpha value is -5.87. The van der Waals surface area contributed by atoms with Gasteiger partial charge in [0.1, 0.15) is 11.4 Å². The summed E-state index contributed by atoms with van der Waals surface area (Å²) < 4.78 is 6.48. The number of rotatable bonds is 5. The van der Waals surface area contributed by atoms with Crippen molar-refractivity contribution in [2.45, 2.75) is 19.4 Å². The number of ether oxygens (including phenoxy) is 1.